The Kier molecular flexibility index (Phi) is 4.91. The summed E-state index contributed by atoms with van der Waals surface area (Å²) >= 11 is 0. The van der Waals surface area contributed by atoms with Gasteiger partial charge in [-0.1, -0.05) is 24.8 Å². The highest BCUT2D eigenvalue weighted by molar-refractivity contribution is 6.11. The molecule has 0 saturated carbocycles. The fraction of sp³-hybridized carbons (Fsp3) is 0.0400. The van der Waals surface area contributed by atoms with Crippen molar-refractivity contribution >= 4 is 33.7 Å². The van der Waals surface area contributed by atoms with Crippen molar-refractivity contribution in [3.63, 3.8) is 0 Å². The van der Waals surface area contributed by atoms with Crippen LogP contribution in [0.2, 0.25) is 0 Å². The molecule has 156 valence electrons. The summed E-state index contributed by atoms with van der Waals surface area (Å²) in [6, 6.07) is 10.5. The van der Waals surface area contributed by atoms with Crippen molar-refractivity contribution in [2.75, 3.05) is 0 Å². The molecule has 0 atom stereocenters. The molecule has 7 heteroatoms. The molecule has 0 amide bonds. The standard InChI is InChI=1S/C25H19FN6/c1-3-15(11-27-4-2)17-9-20-24(31-32-25(20)29-12-17)22-10-19-21(13-28-14-23(19)30-22)16-5-7-18(26)8-6-16/h3-14,30H,2H2,1H3,(H,29,31,32)/b15-3+,27-11?. The van der Waals surface area contributed by atoms with Crippen LogP contribution in [0, 0.1) is 5.82 Å². The number of rotatable bonds is 5. The number of nitrogens with one attached hydrogen (secondary N) is 2. The van der Waals surface area contributed by atoms with Gasteiger partial charge in [0.05, 0.1) is 23.1 Å². The van der Waals surface area contributed by atoms with E-state index in [0.717, 1.165) is 49.9 Å². The summed E-state index contributed by atoms with van der Waals surface area (Å²) in [5.74, 6) is -0.269. The van der Waals surface area contributed by atoms with Crippen LogP contribution in [0.4, 0.5) is 4.39 Å². The van der Waals surface area contributed by atoms with Gasteiger partial charge in [0.15, 0.2) is 5.65 Å². The van der Waals surface area contributed by atoms with Gasteiger partial charge in [-0.05, 0) is 42.3 Å². The Hall–Kier alpha value is -4.39. The zero-order valence-corrected chi connectivity index (χ0v) is 17.3. The van der Waals surface area contributed by atoms with Crippen molar-refractivity contribution in [1.29, 1.82) is 0 Å². The van der Waals surface area contributed by atoms with Crippen LogP contribution in [0.1, 0.15) is 12.5 Å². The van der Waals surface area contributed by atoms with Crippen LogP contribution in [0.25, 0.3) is 50.0 Å². The van der Waals surface area contributed by atoms with E-state index in [1.165, 1.54) is 18.3 Å². The fourth-order valence-electron chi connectivity index (χ4n) is 3.76. The zero-order chi connectivity index (χ0) is 22.1. The third kappa shape index (κ3) is 3.39. The largest absolute Gasteiger partial charge is 0.352 e. The molecule has 6 nitrogen and oxygen atoms in total. The molecule has 0 aliphatic rings. The maximum atomic E-state index is 13.4. The Labute approximate surface area is 183 Å². The molecule has 1 aromatic carbocycles. The van der Waals surface area contributed by atoms with Crippen LogP contribution in [0.15, 0.2) is 78.8 Å². The minimum Gasteiger partial charge on any atom is -0.352 e. The van der Waals surface area contributed by atoms with Crippen molar-refractivity contribution in [2.24, 2.45) is 4.99 Å². The Balaban J connectivity index is 1.64. The number of hydrogen-bond acceptors (Lipinski definition) is 4. The highest BCUT2D eigenvalue weighted by Gasteiger charge is 2.15. The number of fused-ring (bicyclic) bond motifs is 2. The topological polar surface area (TPSA) is 82.6 Å². The molecule has 0 fully saturated rings. The van der Waals surface area contributed by atoms with Gasteiger partial charge in [-0.15, -0.1) is 0 Å². The van der Waals surface area contributed by atoms with Gasteiger partial charge in [0.1, 0.15) is 5.82 Å². The Bertz CT molecular complexity index is 1510. The van der Waals surface area contributed by atoms with Crippen LogP contribution < -0.4 is 0 Å². The van der Waals surface area contributed by atoms with Crippen molar-refractivity contribution in [1.82, 2.24) is 25.1 Å². The van der Waals surface area contributed by atoms with Crippen LogP contribution in [0.3, 0.4) is 0 Å². The van der Waals surface area contributed by atoms with E-state index in [2.05, 4.69) is 36.7 Å². The summed E-state index contributed by atoms with van der Waals surface area (Å²) in [5.41, 5.74) is 6.86. The molecule has 0 radical (unpaired) electrons. The zero-order valence-electron chi connectivity index (χ0n) is 17.3. The van der Waals surface area contributed by atoms with Gasteiger partial charge >= 0.3 is 0 Å². The van der Waals surface area contributed by atoms with Crippen LogP contribution in [-0.2, 0) is 0 Å². The first-order chi connectivity index (χ1) is 15.7. The number of pyridine rings is 2. The number of aromatic amines is 2. The molecular formula is C25H19FN6. The quantitative estimate of drug-likeness (QED) is 0.345. The fourth-order valence-corrected chi connectivity index (χ4v) is 3.76. The monoisotopic (exact) mass is 422 g/mol. The molecule has 32 heavy (non-hydrogen) atoms. The molecule has 5 rings (SSSR count). The number of aliphatic imine (C=N–C) groups is 1. The van der Waals surface area contributed by atoms with E-state index in [-0.39, 0.29) is 5.82 Å². The van der Waals surface area contributed by atoms with Crippen LogP contribution >= 0.6 is 0 Å². The van der Waals surface area contributed by atoms with Gasteiger partial charge in [0.2, 0.25) is 0 Å². The molecule has 0 aliphatic carbocycles. The maximum Gasteiger partial charge on any atom is 0.181 e. The number of hydrogen-bond donors (Lipinski definition) is 2. The molecule has 0 aliphatic heterocycles. The van der Waals surface area contributed by atoms with Crippen molar-refractivity contribution < 1.29 is 4.39 Å². The highest BCUT2D eigenvalue weighted by atomic mass is 19.1. The Morgan fingerprint density at radius 2 is 1.94 bits per heavy atom. The molecule has 4 heterocycles. The maximum absolute atomic E-state index is 13.4. The third-order valence-corrected chi connectivity index (χ3v) is 5.34. The smallest absolute Gasteiger partial charge is 0.181 e. The predicted octanol–water partition coefficient (Wildman–Crippen LogP) is 5.92. The lowest BCUT2D eigenvalue weighted by Crippen LogP contribution is -1.88. The van der Waals surface area contributed by atoms with E-state index in [0.29, 0.717) is 5.65 Å². The average Bonchev–Trinajstić information content (AvgIpc) is 3.43. The molecule has 0 saturated heterocycles. The lowest BCUT2D eigenvalue weighted by molar-refractivity contribution is 0.628. The molecule has 0 bridgehead atoms. The summed E-state index contributed by atoms with van der Waals surface area (Å²) in [7, 11) is 0. The Morgan fingerprint density at radius 3 is 2.72 bits per heavy atom. The van der Waals surface area contributed by atoms with E-state index < -0.39 is 0 Å². The Morgan fingerprint density at radius 1 is 1.09 bits per heavy atom. The van der Waals surface area contributed by atoms with Gasteiger partial charge in [0.25, 0.3) is 0 Å². The number of aromatic nitrogens is 5. The van der Waals surface area contributed by atoms with E-state index >= 15 is 0 Å². The molecule has 5 aromatic rings. The lowest BCUT2D eigenvalue weighted by atomic mass is 10.0. The van der Waals surface area contributed by atoms with Gasteiger partial charge in [-0.2, -0.15) is 5.10 Å². The first kappa shape index (κ1) is 19.6. The van der Waals surface area contributed by atoms with E-state index in [9.17, 15) is 4.39 Å². The third-order valence-electron chi connectivity index (χ3n) is 5.34. The lowest BCUT2D eigenvalue weighted by Gasteiger charge is -2.02. The normalized spacial score (nSPS) is 12.2. The summed E-state index contributed by atoms with van der Waals surface area (Å²) in [6.45, 7) is 5.58. The van der Waals surface area contributed by atoms with Gasteiger partial charge in [0, 0.05) is 46.7 Å². The second-order valence-electron chi connectivity index (χ2n) is 7.24. The second-order valence-corrected chi connectivity index (χ2v) is 7.24. The predicted molar refractivity (Wildman–Crippen MR) is 127 cm³/mol. The first-order valence-corrected chi connectivity index (χ1v) is 10.1. The molecule has 4 aromatic heterocycles. The first-order valence-electron chi connectivity index (χ1n) is 10.1. The second kappa shape index (κ2) is 8.03. The van der Waals surface area contributed by atoms with Crippen molar-refractivity contribution in [2.45, 2.75) is 6.92 Å². The average molecular weight is 422 g/mol. The minimum atomic E-state index is -0.269. The number of benzene rings is 1. The summed E-state index contributed by atoms with van der Waals surface area (Å²) < 4.78 is 13.4. The number of nitrogens with zero attached hydrogens (tertiary/aromatic N) is 4. The van der Waals surface area contributed by atoms with Crippen molar-refractivity contribution in [3.8, 4) is 22.5 Å². The number of H-pyrrole nitrogens is 2. The summed E-state index contributed by atoms with van der Waals surface area (Å²) in [6.07, 6.45) is 10.6. The van der Waals surface area contributed by atoms with Gasteiger partial charge < -0.3 is 4.98 Å². The SMILES string of the molecule is C=CN=C/C(=C\C)c1cnc2n[nH]c(-c3cc4c(-c5ccc(F)cc5)cncc4[nH]3)c2c1. The van der Waals surface area contributed by atoms with E-state index in [1.807, 2.05) is 25.1 Å². The molecule has 0 spiro atoms. The molecule has 0 unspecified atom stereocenters. The highest BCUT2D eigenvalue weighted by Crippen LogP contribution is 2.33. The minimum absolute atomic E-state index is 0.269. The van der Waals surface area contributed by atoms with Crippen LogP contribution in [-0.4, -0.2) is 31.4 Å². The molecule has 2 N–H and O–H groups in total. The van der Waals surface area contributed by atoms with Gasteiger partial charge in [-0.25, -0.2) is 9.37 Å². The molecular weight excluding hydrogens is 403 g/mol. The van der Waals surface area contributed by atoms with E-state index in [1.54, 1.807) is 36.9 Å². The summed E-state index contributed by atoms with van der Waals surface area (Å²) in [4.78, 5) is 16.4. The van der Waals surface area contributed by atoms with E-state index in [4.69, 9.17) is 0 Å². The van der Waals surface area contributed by atoms with Crippen LogP contribution in [0.5, 0.6) is 0 Å². The summed E-state index contributed by atoms with van der Waals surface area (Å²) in [5, 5.41) is 9.34. The number of allylic oxidation sites excluding steroid dienone is 2. The van der Waals surface area contributed by atoms with Gasteiger partial charge in [-0.3, -0.25) is 15.1 Å². The van der Waals surface area contributed by atoms with Crippen molar-refractivity contribution in [3.05, 3.63) is 85.2 Å². The number of halogens is 1.